The molecule has 6 heteroatoms. The van der Waals surface area contributed by atoms with Crippen molar-refractivity contribution >= 4 is 56.9 Å². The number of thiophene rings is 1. The Balaban J connectivity index is 1.87. The minimum absolute atomic E-state index is 0.808. The zero-order valence-electron chi connectivity index (χ0n) is 10.1. The number of fused-ring (bicyclic) bond motifs is 1. The van der Waals surface area contributed by atoms with E-state index in [1.807, 2.05) is 12.1 Å². The Hall–Kier alpha value is -0.600. The molecule has 0 aliphatic rings. The van der Waals surface area contributed by atoms with Crippen LogP contribution in [-0.4, -0.2) is 25.1 Å². The topological polar surface area (TPSA) is 41.6 Å². The molecule has 0 unspecified atom stereocenters. The maximum Gasteiger partial charge on any atom is 0.179 e. The van der Waals surface area contributed by atoms with Crippen LogP contribution in [0.15, 0.2) is 34.8 Å². The quantitative estimate of drug-likeness (QED) is 0.294. The lowest BCUT2D eigenvalue weighted by atomic mass is 10.3. The molecular formula is C13H12IN3S2. The average Bonchev–Trinajstić information content (AvgIpc) is 3.07. The summed E-state index contributed by atoms with van der Waals surface area (Å²) < 4.78 is 1.19. The van der Waals surface area contributed by atoms with Crippen LogP contribution in [0, 0.1) is 0 Å². The van der Waals surface area contributed by atoms with E-state index >= 15 is 0 Å². The number of nitrogens with one attached hydrogen (secondary N) is 1. The van der Waals surface area contributed by atoms with E-state index in [1.165, 1.54) is 15.7 Å². The molecule has 3 rings (SSSR count). The van der Waals surface area contributed by atoms with Crippen molar-refractivity contribution in [2.75, 3.05) is 10.2 Å². The maximum absolute atomic E-state index is 4.62. The van der Waals surface area contributed by atoms with E-state index in [4.69, 9.17) is 0 Å². The number of H-pyrrole nitrogens is 1. The molecule has 3 aromatic rings. The summed E-state index contributed by atoms with van der Waals surface area (Å²) in [4.78, 5) is 13.7. The summed E-state index contributed by atoms with van der Waals surface area (Å²) in [6, 6.07) is 8.24. The first-order chi connectivity index (χ1) is 9.36. The number of aromatic nitrogens is 3. The van der Waals surface area contributed by atoms with Gasteiger partial charge >= 0.3 is 0 Å². The molecule has 0 saturated heterocycles. The molecule has 0 atom stereocenters. The molecule has 1 N–H and O–H groups in total. The maximum atomic E-state index is 4.62. The highest BCUT2D eigenvalue weighted by Gasteiger charge is 2.07. The van der Waals surface area contributed by atoms with Gasteiger partial charge < -0.3 is 4.98 Å². The van der Waals surface area contributed by atoms with Gasteiger partial charge in [0.15, 0.2) is 10.8 Å². The molecule has 0 aromatic carbocycles. The third-order valence-electron chi connectivity index (χ3n) is 2.61. The van der Waals surface area contributed by atoms with Crippen molar-refractivity contribution in [2.24, 2.45) is 0 Å². The number of hydrogen-bond acceptors (Lipinski definition) is 4. The van der Waals surface area contributed by atoms with Gasteiger partial charge in [0.05, 0.1) is 16.1 Å². The van der Waals surface area contributed by atoms with Gasteiger partial charge in [0.25, 0.3) is 0 Å². The molecule has 0 saturated carbocycles. The van der Waals surface area contributed by atoms with Crippen LogP contribution in [0.3, 0.4) is 0 Å². The normalized spacial score (nSPS) is 11.2. The molecule has 19 heavy (non-hydrogen) atoms. The fraction of sp³-hybridized carbons (Fsp3) is 0.231. The van der Waals surface area contributed by atoms with Gasteiger partial charge in [0.2, 0.25) is 0 Å². The molecule has 0 aliphatic carbocycles. The largest absolute Gasteiger partial charge is 0.332 e. The summed E-state index contributed by atoms with van der Waals surface area (Å²) in [5.41, 5.74) is 2.82. The van der Waals surface area contributed by atoms with Crippen LogP contribution in [-0.2, 0) is 0 Å². The van der Waals surface area contributed by atoms with Crippen molar-refractivity contribution in [3.05, 3.63) is 29.6 Å². The first kappa shape index (κ1) is 13.4. The minimum atomic E-state index is 0.808. The lowest BCUT2D eigenvalue weighted by Crippen LogP contribution is -1.82. The highest BCUT2D eigenvalue weighted by Crippen LogP contribution is 2.25. The molecule has 0 bridgehead atoms. The van der Waals surface area contributed by atoms with Gasteiger partial charge in [0, 0.05) is 10.2 Å². The van der Waals surface area contributed by atoms with Crippen LogP contribution in [0.5, 0.6) is 0 Å². The van der Waals surface area contributed by atoms with Gasteiger partial charge in [-0.15, -0.1) is 11.3 Å². The monoisotopic (exact) mass is 401 g/mol. The first-order valence-electron chi connectivity index (χ1n) is 5.96. The second-order valence-electron chi connectivity index (χ2n) is 3.98. The summed E-state index contributed by atoms with van der Waals surface area (Å²) in [7, 11) is 0. The molecule has 3 heterocycles. The second-order valence-corrected chi connectivity index (χ2v) is 7.09. The van der Waals surface area contributed by atoms with Crippen LogP contribution < -0.4 is 0 Å². The molecule has 0 fully saturated rings. The summed E-state index contributed by atoms with van der Waals surface area (Å²) in [6.45, 7) is 0. The van der Waals surface area contributed by atoms with Crippen LogP contribution in [0.1, 0.15) is 6.42 Å². The van der Waals surface area contributed by atoms with Crippen LogP contribution in [0.4, 0.5) is 0 Å². The van der Waals surface area contributed by atoms with Gasteiger partial charge in [-0.25, -0.2) is 9.97 Å². The number of rotatable bonds is 5. The van der Waals surface area contributed by atoms with E-state index in [9.17, 15) is 0 Å². The lowest BCUT2D eigenvalue weighted by molar-refractivity contribution is 1.06. The Morgan fingerprint density at radius 3 is 3.00 bits per heavy atom. The van der Waals surface area contributed by atoms with Crippen molar-refractivity contribution in [3.63, 3.8) is 0 Å². The van der Waals surface area contributed by atoms with E-state index in [0.717, 1.165) is 27.8 Å². The van der Waals surface area contributed by atoms with Crippen molar-refractivity contribution in [3.8, 4) is 10.6 Å². The number of alkyl halides is 1. The number of imidazole rings is 1. The third kappa shape index (κ3) is 3.11. The molecule has 3 aromatic heterocycles. The summed E-state index contributed by atoms with van der Waals surface area (Å²) in [5, 5.41) is 3.03. The molecule has 3 nitrogen and oxygen atoms in total. The predicted octanol–water partition coefficient (Wildman–Crippen LogP) is 4.60. The SMILES string of the molecule is ICCCSc1nc2nc(-c3cccs3)ccc2[nH]1. The summed E-state index contributed by atoms with van der Waals surface area (Å²) >= 11 is 5.87. The Bertz CT molecular complexity index is 664. The highest BCUT2D eigenvalue weighted by atomic mass is 127. The smallest absolute Gasteiger partial charge is 0.179 e. The molecule has 0 spiro atoms. The second kappa shape index (κ2) is 6.23. The van der Waals surface area contributed by atoms with Crippen molar-refractivity contribution < 1.29 is 0 Å². The van der Waals surface area contributed by atoms with Crippen LogP contribution in [0.25, 0.3) is 21.7 Å². The van der Waals surface area contributed by atoms with Crippen molar-refractivity contribution in [1.29, 1.82) is 0 Å². The number of thioether (sulfide) groups is 1. The highest BCUT2D eigenvalue weighted by molar-refractivity contribution is 14.1. The van der Waals surface area contributed by atoms with Crippen LogP contribution >= 0.6 is 45.7 Å². The van der Waals surface area contributed by atoms with Crippen molar-refractivity contribution in [2.45, 2.75) is 11.6 Å². The fourth-order valence-corrected chi connectivity index (χ4v) is 4.13. The van der Waals surface area contributed by atoms with Gasteiger partial charge in [-0.2, -0.15) is 0 Å². The molecule has 98 valence electrons. The van der Waals surface area contributed by atoms with E-state index in [2.05, 4.69) is 55.1 Å². The van der Waals surface area contributed by atoms with Gasteiger partial charge in [-0.3, -0.25) is 0 Å². The zero-order valence-corrected chi connectivity index (χ0v) is 13.9. The van der Waals surface area contributed by atoms with Gasteiger partial charge in [0.1, 0.15) is 0 Å². The number of nitrogens with zero attached hydrogens (tertiary/aromatic N) is 2. The van der Waals surface area contributed by atoms with E-state index in [0.29, 0.717) is 0 Å². The standard InChI is InChI=1S/C13H12IN3S2/c14-6-2-8-19-13-16-10-5-4-9(15-12(10)17-13)11-3-1-7-18-11/h1,3-5,7H,2,6,8H2,(H,15,16,17). The van der Waals surface area contributed by atoms with Gasteiger partial charge in [-0.05, 0) is 30.0 Å². The first-order valence-corrected chi connectivity index (χ1v) is 9.35. The van der Waals surface area contributed by atoms with E-state index in [1.54, 1.807) is 23.1 Å². The fourth-order valence-electron chi connectivity index (χ4n) is 1.72. The molecule has 0 aliphatic heterocycles. The van der Waals surface area contributed by atoms with Gasteiger partial charge in [-0.1, -0.05) is 40.4 Å². The Morgan fingerprint density at radius 1 is 1.26 bits per heavy atom. The number of halogens is 1. The zero-order chi connectivity index (χ0) is 13.1. The molecule has 0 amide bonds. The lowest BCUT2D eigenvalue weighted by Gasteiger charge is -1.94. The predicted molar refractivity (Wildman–Crippen MR) is 91.4 cm³/mol. The number of aromatic amines is 1. The third-order valence-corrected chi connectivity index (χ3v) is 5.23. The van der Waals surface area contributed by atoms with E-state index < -0.39 is 0 Å². The molecule has 0 radical (unpaired) electrons. The Morgan fingerprint density at radius 2 is 2.21 bits per heavy atom. The number of pyridine rings is 1. The molecular weight excluding hydrogens is 389 g/mol. The van der Waals surface area contributed by atoms with E-state index in [-0.39, 0.29) is 0 Å². The Kier molecular flexibility index (Phi) is 4.39. The van der Waals surface area contributed by atoms with Crippen LogP contribution in [0.2, 0.25) is 0 Å². The Labute approximate surface area is 133 Å². The average molecular weight is 401 g/mol. The number of hydrogen-bond donors (Lipinski definition) is 1. The summed E-state index contributed by atoms with van der Waals surface area (Å²) in [5.74, 6) is 1.10. The summed E-state index contributed by atoms with van der Waals surface area (Å²) in [6.07, 6.45) is 1.20. The van der Waals surface area contributed by atoms with Crippen molar-refractivity contribution in [1.82, 2.24) is 15.0 Å². The minimum Gasteiger partial charge on any atom is -0.332 e.